The summed E-state index contributed by atoms with van der Waals surface area (Å²) in [5.41, 5.74) is 2.52. The fourth-order valence-electron chi connectivity index (χ4n) is 2.28. The molecule has 1 aromatic carbocycles. The van der Waals surface area contributed by atoms with Crippen molar-refractivity contribution in [2.45, 2.75) is 39.7 Å². The van der Waals surface area contributed by atoms with E-state index in [4.69, 9.17) is 0 Å². The molecule has 4 nitrogen and oxygen atoms in total. The molecule has 0 aliphatic heterocycles. The molecule has 1 atom stereocenters. The molecule has 2 aromatic rings. The van der Waals surface area contributed by atoms with E-state index in [1.807, 2.05) is 0 Å². The van der Waals surface area contributed by atoms with E-state index in [1.54, 1.807) is 0 Å². The van der Waals surface area contributed by atoms with Crippen LogP contribution in [0.25, 0.3) is 10.9 Å². The minimum absolute atomic E-state index is 0.441. The second kappa shape index (κ2) is 7.72. The average molecular weight is 286 g/mol. The molecule has 0 aliphatic carbocycles. The monoisotopic (exact) mass is 286 g/mol. The Hall–Kier alpha value is -1.97. The van der Waals surface area contributed by atoms with E-state index in [9.17, 15) is 0 Å². The zero-order chi connectivity index (χ0) is 15.1. The fourth-order valence-corrected chi connectivity index (χ4v) is 2.28. The molecule has 0 bridgehead atoms. The summed E-state index contributed by atoms with van der Waals surface area (Å²) in [6.45, 7) is 8.11. The molecule has 0 saturated carbocycles. The normalized spacial score (nSPS) is 13.4. The highest BCUT2D eigenvalue weighted by molar-refractivity contribution is 5.83. The molecule has 0 spiro atoms. The van der Waals surface area contributed by atoms with Crippen LogP contribution in [0.4, 0.5) is 0 Å². The molecule has 0 fully saturated rings. The Morgan fingerprint density at radius 1 is 1.29 bits per heavy atom. The van der Waals surface area contributed by atoms with Crippen molar-refractivity contribution < 1.29 is 0 Å². The number of hydrogen-bond donors (Lipinski definition) is 3. The average Bonchev–Trinajstić information content (AvgIpc) is 2.91. The highest BCUT2D eigenvalue weighted by Gasteiger charge is 2.04. The highest BCUT2D eigenvalue weighted by atomic mass is 15.2. The first-order valence-corrected chi connectivity index (χ1v) is 7.84. The maximum atomic E-state index is 4.66. The van der Waals surface area contributed by atoms with Crippen LogP contribution in [-0.2, 0) is 6.42 Å². The molecular formula is C17H26N4. The first-order valence-electron chi connectivity index (χ1n) is 7.84. The lowest BCUT2D eigenvalue weighted by molar-refractivity contribution is 0.624. The van der Waals surface area contributed by atoms with Crippen LogP contribution < -0.4 is 10.6 Å². The minimum Gasteiger partial charge on any atom is -0.361 e. The molecular weight excluding hydrogens is 260 g/mol. The van der Waals surface area contributed by atoms with Crippen molar-refractivity contribution in [1.29, 1.82) is 0 Å². The van der Waals surface area contributed by atoms with Gasteiger partial charge in [0.1, 0.15) is 0 Å². The smallest absolute Gasteiger partial charge is 0.191 e. The Morgan fingerprint density at radius 3 is 2.86 bits per heavy atom. The number of aromatic amines is 1. The third-order valence-electron chi connectivity index (χ3n) is 3.67. The minimum atomic E-state index is 0.441. The molecule has 3 N–H and O–H groups in total. The van der Waals surface area contributed by atoms with Gasteiger partial charge in [0.05, 0.1) is 0 Å². The Morgan fingerprint density at radius 2 is 2.10 bits per heavy atom. The summed E-state index contributed by atoms with van der Waals surface area (Å²) in [5, 5.41) is 8.01. The van der Waals surface area contributed by atoms with Crippen molar-refractivity contribution in [2.75, 3.05) is 13.1 Å². The fraction of sp³-hybridized carbons (Fsp3) is 0.471. The van der Waals surface area contributed by atoms with Gasteiger partial charge in [0.15, 0.2) is 5.96 Å². The maximum absolute atomic E-state index is 4.66. The van der Waals surface area contributed by atoms with E-state index in [2.05, 4.69) is 71.8 Å². The standard InChI is InChI=1S/C17H26N4/c1-4-13(3)21-17(18-5-2)19-11-10-14-12-20-16-9-7-6-8-15(14)16/h6-9,12-13,20H,4-5,10-11H2,1-3H3,(H2,18,19,21). The Bertz CT molecular complexity index is 585. The molecule has 114 valence electrons. The van der Waals surface area contributed by atoms with Crippen LogP contribution in [0.15, 0.2) is 35.5 Å². The third-order valence-corrected chi connectivity index (χ3v) is 3.67. The van der Waals surface area contributed by atoms with Crippen LogP contribution in [0.5, 0.6) is 0 Å². The second-order valence-corrected chi connectivity index (χ2v) is 5.32. The van der Waals surface area contributed by atoms with Crippen molar-refractivity contribution >= 4 is 16.9 Å². The zero-order valence-electron chi connectivity index (χ0n) is 13.2. The lowest BCUT2D eigenvalue weighted by Gasteiger charge is -2.16. The van der Waals surface area contributed by atoms with Gasteiger partial charge in [-0.15, -0.1) is 0 Å². The van der Waals surface area contributed by atoms with E-state index < -0.39 is 0 Å². The van der Waals surface area contributed by atoms with Crippen LogP contribution in [-0.4, -0.2) is 30.1 Å². The number of benzene rings is 1. The van der Waals surface area contributed by atoms with Gasteiger partial charge < -0.3 is 15.6 Å². The van der Waals surface area contributed by atoms with Crippen LogP contribution in [0, 0.1) is 0 Å². The van der Waals surface area contributed by atoms with Gasteiger partial charge in [0.25, 0.3) is 0 Å². The number of H-pyrrole nitrogens is 1. The topological polar surface area (TPSA) is 52.2 Å². The zero-order valence-corrected chi connectivity index (χ0v) is 13.2. The van der Waals surface area contributed by atoms with Crippen LogP contribution in [0.3, 0.4) is 0 Å². The molecule has 2 rings (SSSR count). The predicted molar refractivity (Wildman–Crippen MR) is 90.9 cm³/mol. The first kappa shape index (κ1) is 15.4. The molecule has 1 unspecified atom stereocenters. The van der Waals surface area contributed by atoms with Crippen LogP contribution >= 0.6 is 0 Å². The predicted octanol–water partition coefficient (Wildman–Crippen LogP) is 3.06. The molecule has 0 radical (unpaired) electrons. The van der Waals surface area contributed by atoms with Crippen molar-refractivity contribution in [3.8, 4) is 0 Å². The maximum Gasteiger partial charge on any atom is 0.191 e. The SMILES string of the molecule is CCNC(=NCCc1c[nH]c2ccccc12)NC(C)CC. The third kappa shape index (κ3) is 4.25. The van der Waals surface area contributed by atoms with Crippen molar-refractivity contribution in [3.05, 3.63) is 36.0 Å². The van der Waals surface area contributed by atoms with Gasteiger partial charge in [-0.3, -0.25) is 4.99 Å². The van der Waals surface area contributed by atoms with Crippen LogP contribution in [0.2, 0.25) is 0 Å². The number of aliphatic imine (C=N–C) groups is 1. The van der Waals surface area contributed by atoms with Gasteiger partial charge in [0.2, 0.25) is 0 Å². The lowest BCUT2D eigenvalue weighted by atomic mass is 10.1. The number of rotatable bonds is 6. The van der Waals surface area contributed by atoms with E-state index in [1.165, 1.54) is 16.5 Å². The number of aromatic nitrogens is 1. The molecule has 0 saturated heterocycles. The second-order valence-electron chi connectivity index (χ2n) is 5.32. The van der Waals surface area contributed by atoms with E-state index >= 15 is 0 Å². The summed E-state index contributed by atoms with van der Waals surface area (Å²) < 4.78 is 0. The van der Waals surface area contributed by atoms with Gasteiger partial charge in [-0.1, -0.05) is 25.1 Å². The van der Waals surface area contributed by atoms with E-state index in [0.717, 1.165) is 31.9 Å². The molecule has 21 heavy (non-hydrogen) atoms. The lowest BCUT2D eigenvalue weighted by Crippen LogP contribution is -2.42. The Balaban J connectivity index is 1.98. The molecule has 1 aromatic heterocycles. The van der Waals surface area contributed by atoms with Crippen molar-refractivity contribution in [2.24, 2.45) is 4.99 Å². The summed E-state index contributed by atoms with van der Waals surface area (Å²) in [7, 11) is 0. The largest absolute Gasteiger partial charge is 0.361 e. The molecule has 0 amide bonds. The first-order chi connectivity index (χ1) is 10.2. The highest BCUT2D eigenvalue weighted by Crippen LogP contribution is 2.17. The summed E-state index contributed by atoms with van der Waals surface area (Å²) in [6.07, 6.45) is 4.13. The number of guanidine groups is 1. The van der Waals surface area contributed by atoms with Crippen molar-refractivity contribution in [3.63, 3.8) is 0 Å². The van der Waals surface area contributed by atoms with Crippen LogP contribution in [0.1, 0.15) is 32.8 Å². The van der Waals surface area contributed by atoms with E-state index in [-0.39, 0.29) is 0 Å². The number of fused-ring (bicyclic) bond motifs is 1. The quantitative estimate of drug-likeness (QED) is 0.564. The summed E-state index contributed by atoms with van der Waals surface area (Å²) in [5.74, 6) is 0.909. The summed E-state index contributed by atoms with van der Waals surface area (Å²) >= 11 is 0. The van der Waals surface area contributed by atoms with Gasteiger partial charge in [-0.2, -0.15) is 0 Å². The molecule has 1 heterocycles. The summed E-state index contributed by atoms with van der Waals surface area (Å²) in [4.78, 5) is 7.98. The van der Waals surface area contributed by atoms with Crippen molar-refractivity contribution in [1.82, 2.24) is 15.6 Å². The van der Waals surface area contributed by atoms with E-state index in [0.29, 0.717) is 6.04 Å². The van der Waals surface area contributed by atoms with Gasteiger partial charge in [-0.25, -0.2) is 0 Å². The number of hydrogen-bond acceptors (Lipinski definition) is 1. The van der Waals surface area contributed by atoms with Gasteiger partial charge >= 0.3 is 0 Å². The number of para-hydroxylation sites is 1. The molecule has 0 aliphatic rings. The number of nitrogens with one attached hydrogen (secondary N) is 3. The Labute approximate surface area is 127 Å². The summed E-state index contributed by atoms with van der Waals surface area (Å²) in [6, 6.07) is 8.85. The number of nitrogens with zero attached hydrogens (tertiary/aromatic N) is 1. The van der Waals surface area contributed by atoms with Gasteiger partial charge in [-0.05, 0) is 38.3 Å². The van der Waals surface area contributed by atoms with Gasteiger partial charge in [0, 0.05) is 36.2 Å². The Kier molecular flexibility index (Phi) is 5.67. The molecule has 4 heteroatoms.